The first kappa shape index (κ1) is 22.7. The molecule has 2 aromatic rings. The van der Waals surface area contributed by atoms with Crippen LogP contribution in [0.15, 0.2) is 66.6 Å². The molecule has 3 rings (SSSR count). The van der Waals surface area contributed by atoms with E-state index in [0.29, 0.717) is 25.1 Å². The molecular weight excluding hydrogens is 414 g/mol. The molecule has 1 unspecified atom stereocenters. The maximum absolute atomic E-state index is 12.8. The van der Waals surface area contributed by atoms with Crippen LogP contribution in [-0.4, -0.2) is 44.8 Å². The monoisotopic (exact) mass is 441 g/mol. The van der Waals surface area contributed by atoms with Gasteiger partial charge in [0.25, 0.3) is 5.91 Å². The number of benzene rings is 2. The molecule has 1 aliphatic heterocycles. The zero-order valence-electron chi connectivity index (χ0n) is 17.2. The zero-order chi connectivity index (χ0) is 22.4. The number of carbonyl (C=O) groups excluding carboxylic acids is 2. The fourth-order valence-corrected chi connectivity index (χ4v) is 4.34. The Morgan fingerprint density at radius 1 is 1.16 bits per heavy atom. The Kier molecular flexibility index (Phi) is 7.25. The van der Waals surface area contributed by atoms with Crippen molar-refractivity contribution in [2.75, 3.05) is 19.6 Å². The summed E-state index contributed by atoms with van der Waals surface area (Å²) in [4.78, 5) is 26.6. The summed E-state index contributed by atoms with van der Waals surface area (Å²) in [6.45, 7) is 4.60. The van der Waals surface area contributed by atoms with Crippen LogP contribution in [0.1, 0.15) is 33.8 Å². The van der Waals surface area contributed by atoms with E-state index in [1.807, 2.05) is 30.3 Å². The first-order valence-electron chi connectivity index (χ1n) is 10.1. The molecule has 1 heterocycles. The summed E-state index contributed by atoms with van der Waals surface area (Å²) >= 11 is 0. The fourth-order valence-electron chi connectivity index (χ4n) is 3.75. The average molecular weight is 442 g/mol. The summed E-state index contributed by atoms with van der Waals surface area (Å²) in [5.41, 5.74) is 7.94. The van der Waals surface area contributed by atoms with E-state index in [2.05, 4.69) is 11.3 Å². The van der Waals surface area contributed by atoms with E-state index in [4.69, 9.17) is 5.73 Å². The molecule has 1 fully saturated rings. The van der Waals surface area contributed by atoms with Crippen molar-refractivity contribution in [3.8, 4) is 0 Å². The van der Waals surface area contributed by atoms with Crippen molar-refractivity contribution in [1.29, 1.82) is 0 Å². The van der Waals surface area contributed by atoms with Gasteiger partial charge in [0.2, 0.25) is 15.9 Å². The smallest absolute Gasteiger partial charge is 0.253 e. The van der Waals surface area contributed by atoms with Crippen LogP contribution in [0.3, 0.4) is 0 Å². The number of carbonyl (C=O) groups is 2. The van der Waals surface area contributed by atoms with Crippen molar-refractivity contribution in [3.63, 3.8) is 0 Å². The maximum atomic E-state index is 12.8. The maximum Gasteiger partial charge on any atom is 0.253 e. The number of hydrogen-bond donors (Lipinski definition) is 2. The van der Waals surface area contributed by atoms with E-state index >= 15 is 0 Å². The lowest BCUT2D eigenvalue weighted by Crippen LogP contribution is -2.32. The Hall–Kier alpha value is -2.97. The van der Waals surface area contributed by atoms with E-state index in [0.717, 1.165) is 23.0 Å². The Morgan fingerprint density at radius 3 is 2.45 bits per heavy atom. The van der Waals surface area contributed by atoms with Gasteiger partial charge in [-0.25, -0.2) is 13.1 Å². The minimum atomic E-state index is -3.47. The summed E-state index contributed by atoms with van der Waals surface area (Å²) in [5, 5.41) is 0.879. The molecule has 7 nitrogen and oxygen atoms in total. The molecule has 2 atom stereocenters. The summed E-state index contributed by atoms with van der Waals surface area (Å²) in [6, 6.07) is 16.6. The highest BCUT2D eigenvalue weighted by Gasteiger charge is 2.28. The fraction of sp³-hybridized carbons (Fsp3) is 0.304. The minimum absolute atomic E-state index is 0.0584. The van der Waals surface area contributed by atoms with Gasteiger partial charge in [-0.05, 0) is 42.0 Å². The van der Waals surface area contributed by atoms with Crippen molar-refractivity contribution >= 4 is 21.8 Å². The first-order valence-corrected chi connectivity index (χ1v) is 11.7. The predicted molar refractivity (Wildman–Crippen MR) is 120 cm³/mol. The normalized spacial score (nSPS) is 17.3. The third-order valence-electron chi connectivity index (χ3n) is 5.55. The van der Waals surface area contributed by atoms with Gasteiger partial charge >= 0.3 is 0 Å². The minimum Gasteiger partial charge on any atom is -0.369 e. The number of nitrogens with one attached hydrogen (secondary N) is 1. The topological polar surface area (TPSA) is 110 Å². The second-order valence-corrected chi connectivity index (χ2v) is 9.44. The number of hydrogen-bond acceptors (Lipinski definition) is 4. The Morgan fingerprint density at radius 2 is 1.84 bits per heavy atom. The molecule has 0 aromatic heterocycles. The van der Waals surface area contributed by atoms with Gasteiger partial charge in [0.1, 0.15) is 0 Å². The van der Waals surface area contributed by atoms with Gasteiger partial charge in [0.15, 0.2) is 0 Å². The third-order valence-corrected chi connectivity index (χ3v) is 6.56. The lowest BCUT2D eigenvalue weighted by molar-refractivity contribution is -0.119. The molecule has 2 aromatic carbocycles. The van der Waals surface area contributed by atoms with Crippen LogP contribution >= 0.6 is 0 Å². The standard InChI is InChI=1S/C23H27N3O4S/c1-2-31(29,30)25-15-18-12-13-26(16-18)23(28)20-10-8-19(9-11-20)21(22(24)27)14-17-6-4-3-5-7-17/h2-11,18,21,25H,1,12-16H2,(H2,24,27)/t18-,21?/m1/s1. The van der Waals surface area contributed by atoms with Gasteiger partial charge in [-0.2, -0.15) is 0 Å². The van der Waals surface area contributed by atoms with Gasteiger partial charge < -0.3 is 10.6 Å². The highest BCUT2D eigenvalue weighted by molar-refractivity contribution is 7.92. The van der Waals surface area contributed by atoms with Gasteiger partial charge in [0.05, 0.1) is 5.92 Å². The van der Waals surface area contributed by atoms with Crippen LogP contribution in [0.25, 0.3) is 0 Å². The van der Waals surface area contributed by atoms with Crippen molar-refractivity contribution in [1.82, 2.24) is 9.62 Å². The summed E-state index contributed by atoms with van der Waals surface area (Å²) < 4.78 is 25.5. The van der Waals surface area contributed by atoms with E-state index in [1.54, 1.807) is 29.2 Å². The van der Waals surface area contributed by atoms with Crippen LogP contribution in [0.2, 0.25) is 0 Å². The zero-order valence-corrected chi connectivity index (χ0v) is 18.1. The van der Waals surface area contributed by atoms with Crippen LogP contribution in [0, 0.1) is 5.92 Å². The van der Waals surface area contributed by atoms with Gasteiger partial charge in [0, 0.05) is 30.6 Å². The van der Waals surface area contributed by atoms with Gasteiger partial charge in [-0.1, -0.05) is 49.0 Å². The van der Waals surface area contributed by atoms with E-state index < -0.39 is 21.8 Å². The Labute approximate surface area is 183 Å². The molecule has 0 radical (unpaired) electrons. The average Bonchev–Trinajstić information content (AvgIpc) is 3.25. The van der Waals surface area contributed by atoms with Crippen LogP contribution in [-0.2, 0) is 21.2 Å². The van der Waals surface area contributed by atoms with Crippen LogP contribution in [0.5, 0.6) is 0 Å². The number of likely N-dealkylation sites (tertiary alicyclic amines) is 1. The second-order valence-electron chi connectivity index (χ2n) is 7.73. The quantitative estimate of drug-likeness (QED) is 0.620. The summed E-state index contributed by atoms with van der Waals surface area (Å²) in [5.74, 6) is -0.935. The number of nitrogens with zero attached hydrogens (tertiary/aromatic N) is 1. The molecule has 1 saturated heterocycles. The highest BCUT2D eigenvalue weighted by Crippen LogP contribution is 2.23. The van der Waals surface area contributed by atoms with Crippen molar-refractivity contribution in [2.24, 2.45) is 11.7 Å². The predicted octanol–water partition coefficient (Wildman–Crippen LogP) is 2.02. The largest absolute Gasteiger partial charge is 0.369 e. The van der Waals surface area contributed by atoms with Crippen LogP contribution in [0.4, 0.5) is 0 Å². The number of rotatable bonds is 9. The Balaban J connectivity index is 1.63. The molecule has 0 aliphatic carbocycles. The molecule has 1 aliphatic rings. The van der Waals surface area contributed by atoms with Crippen molar-refractivity contribution in [2.45, 2.75) is 18.8 Å². The van der Waals surface area contributed by atoms with Gasteiger partial charge in [-0.3, -0.25) is 9.59 Å². The molecule has 0 saturated carbocycles. The second kappa shape index (κ2) is 9.89. The number of primary amides is 1. The van der Waals surface area contributed by atoms with Crippen LogP contribution < -0.4 is 10.5 Å². The highest BCUT2D eigenvalue weighted by atomic mass is 32.2. The molecule has 164 valence electrons. The lowest BCUT2D eigenvalue weighted by Gasteiger charge is -2.18. The van der Waals surface area contributed by atoms with Gasteiger partial charge in [-0.15, -0.1) is 0 Å². The molecule has 31 heavy (non-hydrogen) atoms. The third kappa shape index (κ3) is 6.02. The molecule has 0 bridgehead atoms. The lowest BCUT2D eigenvalue weighted by atomic mass is 9.91. The first-order chi connectivity index (χ1) is 14.8. The SMILES string of the molecule is C=CS(=O)(=O)NC[C@H]1CCN(C(=O)c2ccc(C(Cc3ccccc3)C(N)=O)cc2)C1. The molecule has 0 spiro atoms. The molecule has 8 heteroatoms. The summed E-state index contributed by atoms with van der Waals surface area (Å²) in [6.07, 6.45) is 1.22. The van der Waals surface area contributed by atoms with Crippen molar-refractivity contribution < 1.29 is 18.0 Å². The number of nitrogens with two attached hydrogens (primary N) is 1. The Bertz CT molecular complexity index is 1040. The molecule has 2 amide bonds. The molecule has 3 N–H and O–H groups in total. The van der Waals surface area contributed by atoms with Crippen molar-refractivity contribution in [3.05, 3.63) is 83.3 Å². The summed E-state index contributed by atoms with van der Waals surface area (Å²) in [7, 11) is -3.47. The van der Waals surface area contributed by atoms with E-state index in [9.17, 15) is 18.0 Å². The molecular formula is C23H27N3O4S. The number of sulfonamides is 1. The van der Waals surface area contributed by atoms with E-state index in [1.165, 1.54) is 0 Å². The number of amides is 2. The van der Waals surface area contributed by atoms with E-state index in [-0.39, 0.29) is 18.4 Å².